The second kappa shape index (κ2) is 13.6. The van der Waals surface area contributed by atoms with E-state index in [1.807, 2.05) is 46.0 Å². The van der Waals surface area contributed by atoms with E-state index in [-0.39, 0.29) is 35.7 Å². The van der Waals surface area contributed by atoms with Gasteiger partial charge in [0.25, 0.3) is 0 Å². The molecular weight excluding hydrogens is 608 g/mol. The number of hydrogen-bond donors (Lipinski definition) is 2. The topological polar surface area (TPSA) is 145 Å². The smallest absolute Gasteiger partial charge is 0.326 e. The molecule has 0 spiro atoms. The predicted molar refractivity (Wildman–Crippen MR) is 175 cm³/mol. The summed E-state index contributed by atoms with van der Waals surface area (Å²) in [6, 6.07) is 9.80. The Labute approximate surface area is 270 Å². The monoisotopic (exact) mass is 652 g/mol. The first-order valence-electron chi connectivity index (χ1n) is 16.3. The maximum atomic E-state index is 13.3. The number of fused-ring (bicyclic) bond motifs is 1. The summed E-state index contributed by atoms with van der Waals surface area (Å²) in [7, 11) is -1.22. The highest BCUT2D eigenvalue weighted by molar-refractivity contribution is 7.90. The minimum atomic E-state index is -3.02. The Morgan fingerprint density at radius 1 is 1.04 bits per heavy atom. The average molecular weight is 653 g/mol. The summed E-state index contributed by atoms with van der Waals surface area (Å²) in [4.78, 5) is 37.0. The summed E-state index contributed by atoms with van der Waals surface area (Å²) >= 11 is 0. The Morgan fingerprint density at radius 3 is 2.50 bits per heavy atom. The number of hydrogen-bond acceptors (Lipinski definition) is 10. The van der Waals surface area contributed by atoms with E-state index in [4.69, 9.17) is 14.5 Å². The van der Waals surface area contributed by atoms with Crippen LogP contribution in [0.15, 0.2) is 42.7 Å². The van der Waals surface area contributed by atoms with Gasteiger partial charge in [-0.1, -0.05) is 6.07 Å². The van der Waals surface area contributed by atoms with Crippen molar-refractivity contribution in [2.45, 2.75) is 75.5 Å². The first-order chi connectivity index (χ1) is 22.1. The first-order valence-corrected chi connectivity index (χ1v) is 18.4. The van der Waals surface area contributed by atoms with Gasteiger partial charge in [0, 0.05) is 61.9 Å². The zero-order valence-electron chi connectivity index (χ0n) is 26.6. The third-order valence-electron chi connectivity index (χ3n) is 9.55. The first kappa shape index (κ1) is 32.2. The maximum absolute atomic E-state index is 13.3. The molecule has 1 aromatic carbocycles. The number of sulfone groups is 1. The number of carbonyl (C=O) groups excluding carboxylic acids is 2. The molecular formula is C33H44N6O6S. The summed E-state index contributed by atoms with van der Waals surface area (Å²) in [6.07, 6.45) is 11.6. The molecule has 1 aliphatic heterocycles. The van der Waals surface area contributed by atoms with E-state index >= 15 is 0 Å². The molecule has 2 aromatic heterocycles. The molecule has 13 heteroatoms. The average Bonchev–Trinajstić information content (AvgIpc) is 3.74. The normalized spacial score (nSPS) is 21.6. The molecule has 3 heterocycles. The maximum Gasteiger partial charge on any atom is 0.326 e. The second-order valence-corrected chi connectivity index (χ2v) is 15.2. The molecule has 1 saturated heterocycles. The van der Waals surface area contributed by atoms with Crippen molar-refractivity contribution in [3.05, 3.63) is 42.7 Å². The highest BCUT2D eigenvalue weighted by Crippen LogP contribution is 2.37. The van der Waals surface area contributed by atoms with E-state index < -0.39 is 15.4 Å². The van der Waals surface area contributed by atoms with Gasteiger partial charge in [-0.3, -0.25) is 9.59 Å². The number of ether oxygens (including phenoxy) is 2. The minimum absolute atomic E-state index is 0.0115. The molecule has 0 radical (unpaired) electrons. The molecule has 2 aliphatic carbocycles. The van der Waals surface area contributed by atoms with Crippen molar-refractivity contribution in [2.24, 2.45) is 5.92 Å². The lowest BCUT2D eigenvalue weighted by Gasteiger charge is -2.36. The standard InChI is InChI=1S/C33H44N6O6S/c1-34-33(15-16-33)31(41)45-25-12-18-38(19-13-25)30(40)23-7-9-24(10-8-23)36-32-35-17-11-29(37-32)39-20-14-26-27(39)5-3-6-28(26)44-21-4-22-46(2,42)43/h3,5-6,11,14,17,20,23-25,34H,4,7-10,12-13,15-16,18-19,21-22H2,1-2H3,(H,35,36,37). The molecule has 3 aromatic rings. The van der Waals surface area contributed by atoms with Gasteiger partial charge in [-0.25, -0.2) is 13.4 Å². The number of aromatic nitrogens is 3. The van der Waals surface area contributed by atoms with E-state index in [9.17, 15) is 18.0 Å². The molecule has 1 amide bonds. The molecule has 3 aliphatic rings. The van der Waals surface area contributed by atoms with Crippen LogP contribution in [0.25, 0.3) is 16.7 Å². The number of amides is 1. The van der Waals surface area contributed by atoms with Gasteiger partial charge in [0.1, 0.15) is 33.0 Å². The van der Waals surface area contributed by atoms with E-state index in [1.165, 1.54) is 6.26 Å². The van der Waals surface area contributed by atoms with Crippen molar-refractivity contribution in [1.29, 1.82) is 0 Å². The van der Waals surface area contributed by atoms with Crippen LogP contribution in [-0.4, -0.2) is 96.2 Å². The number of benzene rings is 1. The van der Waals surface area contributed by atoms with Crippen LogP contribution in [0.4, 0.5) is 5.95 Å². The van der Waals surface area contributed by atoms with Gasteiger partial charge in [0.15, 0.2) is 0 Å². The van der Waals surface area contributed by atoms with Crippen molar-refractivity contribution in [1.82, 2.24) is 24.8 Å². The molecule has 46 heavy (non-hydrogen) atoms. The summed E-state index contributed by atoms with van der Waals surface area (Å²) < 4.78 is 36.5. The molecule has 6 rings (SSSR count). The quantitative estimate of drug-likeness (QED) is 0.220. The van der Waals surface area contributed by atoms with Crippen molar-refractivity contribution < 1.29 is 27.5 Å². The Kier molecular flexibility index (Phi) is 9.51. The Hall–Kier alpha value is -3.71. The number of nitrogens with zero attached hydrogens (tertiary/aromatic N) is 4. The number of piperidine rings is 1. The number of carbonyl (C=O) groups is 2. The Morgan fingerprint density at radius 2 is 1.80 bits per heavy atom. The third-order valence-corrected chi connectivity index (χ3v) is 10.6. The summed E-state index contributed by atoms with van der Waals surface area (Å²) in [5.74, 6) is 2.14. The molecule has 12 nitrogen and oxygen atoms in total. The van der Waals surface area contributed by atoms with Crippen LogP contribution in [-0.2, 0) is 24.2 Å². The third kappa shape index (κ3) is 7.46. The molecule has 3 fully saturated rings. The zero-order valence-corrected chi connectivity index (χ0v) is 27.4. The van der Waals surface area contributed by atoms with Crippen LogP contribution in [0, 0.1) is 5.92 Å². The SMILES string of the molecule is CNC1(C(=O)OC2CCN(C(=O)C3CCC(Nc4nccc(-n5ccc6c(OCCCS(C)(=O)=O)cccc65)n4)CC3)CC2)CC1. The fraction of sp³-hybridized carbons (Fsp3) is 0.576. The number of rotatable bonds is 12. The number of likely N-dealkylation sites (tertiary alicyclic amines) is 1. The van der Waals surface area contributed by atoms with Gasteiger partial charge < -0.3 is 29.6 Å². The largest absolute Gasteiger partial charge is 0.493 e. The van der Waals surface area contributed by atoms with E-state index in [0.717, 1.165) is 55.2 Å². The molecule has 0 atom stereocenters. The number of likely N-dealkylation sites (N-methyl/N-ethyl adjacent to an activating group) is 1. The van der Waals surface area contributed by atoms with E-state index in [0.29, 0.717) is 50.7 Å². The van der Waals surface area contributed by atoms with Crippen molar-refractivity contribution in [3.63, 3.8) is 0 Å². The summed E-state index contributed by atoms with van der Waals surface area (Å²) in [6.45, 7) is 1.58. The van der Waals surface area contributed by atoms with Gasteiger partial charge in [0.05, 0.1) is 17.9 Å². The van der Waals surface area contributed by atoms with E-state index in [1.54, 1.807) is 13.2 Å². The molecule has 2 saturated carbocycles. The van der Waals surface area contributed by atoms with Crippen molar-refractivity contribution in [2.75, 3.05) is 44.1 Å². The van der Waals surface area contributed by atoms with Gasteiger partial charge in [-0.05, 0) is 76.3 Å². The van der Waals surface area contributed by atoms with Crippen molar-refractivity contribution in [3.8, 4) is 11.6 Å². The van der Waals surface area contributed by atoms with E-state index in [2.05, 4.69) is 15.6 Å². The highest BCUT2D eigenvalue weighted by Gasteiger charge is 2.51. The minimum Gasteiger partial charge on any atom is -0.493 e. The van der Waals surface area contributed by atoms with Gasteiger partial charge in [-0.15, -0.1) is 0 Å². The highest BCUT2D eigenvalue weighted by atomic mass is 32.2. The number of esters is 1. The molecule has 0 unspecified atom stereocenters. The fourth-order valence-electron chi connectivity index (χ4n) is 6.59. The van der Waals surface area contributed by atoms with Crippen LogP contribution in [0.3, 0.4) is 0 Å². The number of anilines is 1. The Balaban J connectivity index is 0.990. The van der Waals surface area contributed by atoms with Gasteiger partial charge in [-0.2, -0.15) is 4.98 Å². The zero-order chi connectivity index (χ0) is 32.3. The van der Waals surface area contributed by atoms with Crippen LogP contribution in [0.2, 0.25) is 0 Å². The van der Waals surface area contributed by atoms with Crippen molar-refractivity contribution >= 4 is 38.6 Å². The molecule has 248 valence electrons. The predicted octanol–water partition coefficient (Wildman–Crippen LogP) is 3.49. The van der Waals surface area contributed by atoms with Gasteiger partial charge >= 0.3 is 5.97 Å². The van der Waals surface area contributed by atoms with Crippen LogP contribution >= 0.6 is 0 Å². The van der Waals surface area contributed by atoms with Gasteiger partial charge in [0.2, 0.25) is 11.9 Å². The summed E-state index contributed by atoms with van der Waals surface area (Å²) in [5.41, 5.74) is 0.448. The fourth-order valence-corrected chi connectivity index (χ4v) is 7.23. The lowest BCUT2D eigenvalue weighted by atomic mass is 9.85. The lowest BCUT2D eigenvalue weighted by Crippen LogP contribution is -2.47. The van der Waals surface area contributed by atoms with Crippen LogP contribution < -0.4 is 15.4 Å². The number of nitrogens with one attached hydrogen (secondary N) is 2. The Bertz CT molecular complexity index is 1660. The second-order valence-electron chi connectivity index (χ2n) is 12.9. The van der Waals surface area contributed by atoms with Crippen LogP contribution in [0.5, 0.6) is 5.75 Å². The molecule has 2 N–H and O–H groups in total. The molecule has 0 bridgehead atoms. The lowest BCUT2D eigenvalue weighted by molar-refractivity contribution is -0.156. The van der Waals surface area contributed by atoms with Crippen LogP contribution in [0.1, 0.15) is 57.8 Å². The summed E-state index contributed by atoms with van der Waals surface area (Å²) in [5, 5.41) is 7.49.